The first-order valence-electron chi connectivity index (χ1n) is 13.2. The van der Waals surface area contributed by atoms with Crippen molar-refractivity contribution in [1.82, 2.24) is 19.9 Å². The van der Waals surface area contributed by atoms with E-state index in [1.165, 1.54) is 6.07 Å². The number of pyridine rings is 1. The summed E-state index contributed by atoms with van der Waals surface area (Å²) < 4.78 is 5.69. The van der Waals surface area contributed by atoms with Crippen molar-refractivity contribution < 1.29 is 9.66 Å². The van der Waals surface area contributed by atoms with Gasteiger partial charge >= 0.3 is 0 Å². The van der Waals surface area contributed by atoms with E-state index in [1.807, 2.05) is 33.2 Å². The third kappa shape index (κ3) is 5.18. The molecule has 11 heteroatoms. The minimum atomic E-state index is -0.333. The number of fused-ring (bicyclic) bond motifs is 1. The molecule has 0 aliphatic carbocycles. The lowest BCUT2D eigenvalue weighted by molar-refractivity contribution is -0.384. The van der Waals surface area contributed by atoms with Gasteiger partial charge in [0.05, 0.1) is 29.1 Å². The van der Waals surface area contributed by atoms with Crippen LogP contribution in [0.2, 0.25) is 0 Å². The van der Waals surface area contributed by atoms with Crippen LogP contribution in [0.15, 0.2) is 36.5 Å². The van der Waals surface area contributed by atoms with Crippen LogP contribution in [0, 0.1) is 17.0 Å². The molecule has 206 valence electrons. The first kappa shape index (κ1) is 26.6. The molecule has 1 N–H and O–H groups in total. The van der Waals surface area contributed by atoms with E-state index in [0.29, 0.717) is 23.1 Å². The fourth-order valence-corrected chi connectivity index (χ4v) is 5.67. The molecule has 5 rings (SSSR count). The van der Waals surface area contributed by atoms with Gasteiger partial charge in [-0.3, -0.25) is 15.1 Å². The molecule has 0 saturated carbocycles. The van der Waals surface area contributed by atoms with Crippen LogP contribution in [-0.2, 0) is 5.41 Å². The van der Waals surface area contributed by atoms with Crippen molar-refractivity contribution in [3.8, 4) is 5.75 Å². The predicted molar refractivity (Wildman–Crippen MR) is 153 cm³/mol. The molecule has 39 heavy (non-hydrogen) atoms. The van der Waals surface area contributed by atoms with Crippen LogP contribution in [0.4, 0.5) is 34.5 Å². The maximum atomic E-state index is 12.2. The third-order valence-corrected chi connectivity index (χ3v) is 7.42. The zero-order valence-corrected chi connectivity index (χ0v) is 23.4. The van der Waals surface area contributed by atoms with Crippen molar-refractivity contribution in [3.05, 3.63) is 58.0 Å². The average Bonchev–Trinajstić information content (AvgIpc) is 3.44. The minimum absolute atomic E-state index is 0.0248. The van der Waals surface area contributed by atoms with Crippen LogP contribution in [0.25, 0.3) is 0 Å². The molecule has 0 spiro atoms. The number of nitro groups is 1. The summed E-state index contributed by atoms with van der Waals surface area (Å²) in [6, 6.07) is 9.42. The lowest BCUT2D eigenvalue weighted by Crippen LogP contribution is -2.37. The summed E-state index contributed by atoms with van der Waals surface area (Å²) in [6.07, 6.45) is 3.66. The largest absolute Gasteiger partial charge is 0.494 e. The number of ether oxygens (including phenoxy) is 1. The van der Waals surface area contributed by atoms with Crippen molar-refractivity contribution in [2.45, 2.75) is 45.1 Å². The Bertz CT molecular complexity index is 1390. The van der Waals surface area contributed by atoms with Gasteiger partial charge in [0, 0.05) is 55.1 Å². The summed E-state index contributed by atoms with van der Waals surface area (Å²) in [6.45, 7) is 8.66. The van der Waals surface area contributed by atoms with Gasteiger partial charge in [-0.2, -0.15) is 4.98 Å². The number of aromatic nitrogens is 3. The molecular formula is C28H36N8O3. The summed E-state index contributed by atoms with van der Waals surface area (Å²) in [5.41, 5.74) is 3.93. The maximum Gasteiger partial charge on any atom is 0.294 e. The molecular weight excluding hydrogens is 496 g/mol. The Morgan fingerprint density at radius 3 is 2.72 bits per heavy atom. The van der Waals surface area contributed by atoms with Gasteiger partial charge in [0.15, 0.2) is 0 Å². The van der Waals surface area contributed by atoms with E-state index in [4.69, 9.17) is 14.7 Å². The van der Waals surface area contributed by atoms with Crippen LogP contribution >= 0.6 is 0 Å². The molecule has 0 radical (unpaired) electrons. The van der Waals surface area contributed by atoms with Crippen molar-refractivity contribution in [1.29, 1.82) is 0 Å². The molecule has 0 bridgehead atoms. The van der Waals surface area contributed by atoms with E-state index < -0.39 is 0 Å². The SMILES string of the molecule is COc1cc(N2CCC[C@@H]2CN(C)C)c([N+](=O)[O-])cc1Nc1nccc(N2CC(C)(C)c3nc(C)ccc32)n1. The molecule has 3 aromatic rings. The first-order valence-corrected chi connectivity index (χ1v) is 13.2. The minimum Gasteiger partial charge on any atom is -0.494 e. The van der Waals surface area contributed by atoms with Crippen molar-refractivity contribution >= 4 is 34.5 Å². The Balaban J connectivity index is 1.47. The average molecular weight is 533 g/mol. The van der Waals surface area contributed by atoms with Gasteiger partial charge in [-0.1, -0.05) is 13.8 Å². The monoisotopic (exact) mass is 532 g/mol. The normalized spacial score (nSPS) is 18.0. The standard InChI is InChI=1S/C28H36N8O3/c1-18-9-10-21-26(30-18)28(2,3)17-35(21)25-11-12-29-27(32-25)31-20-14-23(36(37)38)22(15-24(20)39-6)34-13-7-8-19(34)16-33(4)5/h9-12,14-15,19H,7-8,13,16-17H2,1-6H3,(H,29,31,32)/t19-/m1/s1. The second-order valence-electron chi connectivity index (χ2n) is 11.2. The summed E-state index contributed by atoms with van der Waals surface area (Å²) >= 11 is 0. The first-order chi connectivity index (χ1) is 18.6. The number of aryl methyl sites for hydroxylation is 1. The predicted octanol–water partition coefficient (Wildman–Crippen LogP) is 4.80. The molecule has 0 unspecified atom stereocenters. The number of hydrogen-bond donors (Lipinski definition) is 1. The Morgan fingerprint density at radius 2 is 2.00 bits per heavy atom. The fourth-order valence-electron chi connectivity index (χ4n) is 5.67. The van der Waals surface area contributed by atoms with E-state index in [1.54, 1.807) is 19.4 Å². The van der Waals surface area contributed by atoms with Gasteiger partial charge in [-0.25, -0.2) is 4.98 Å². The third-order valence-electron chi connectivity index (χ3n) is 7.42. The Labute approximate surface area is 229 Å². The molecule has 1 fully saturated rings. The fraction of sp³-hybridized carbons (Fsp3) is 0.464. The smallest absolute Gasteiger partial charge is 0.294 e. The van der Waals surface area contributed by atoms with Gasteiger partial charge in [0.1, 0.15) is 17.3 Å². The zero-order chi connectivity index (χ0) is 27.9. The van der Waals surface area contributed by atoms with Crippen LogP contribution < -0.4 is 19.9 Å². The number of nitro benzene ring substituents is 1. The summed E-state index contributed by atoms with van der Waals surface area (Å²) in [4.78, 5) is 32.2. The number of likely N-dealkylation sites (N-methyl/N-ethyl adjacent to an activating group) is 1. The van der Waals surface area contributed by atoms with Crippen LogP contribution in [0.3, 0.4) is 0 Å². The van der Waals surface area contributed by atoms with Gasteiger partial charge in [0.2, 0.25) is 5.95 Å². The van der Waals surface area contributed by atoms with E-state index in [9.17, 15) is 10.1 Å². The number of rotatable bonds is 8. The van der Waals surface area contributed by atoms with Gasteiger partial charge in [-0.15, -0.1) is 0 Å². The molecule has 1 aromatic carbocycles. The highest BCUT2D eigenvalue weighted by Gasteiger charge is 2.38. The number of nitrogens with one attached hydrogen (secondary N) is 1. The molecule has 2 aliphatic rings. The maximum absolute atomic E-state index is 12.2. The molecule has 2 aliphatic heterocycles. The topological polar surface area (TPSA) is 113 Å². The second-order valence-corrected chi connectivity index (χ2v) is 11.2. The molecule has 0 amide bonds. The van der Waals surface area contributed by atoms with Gasteiger partial charge in [0.25, 0.3) is 5.69 Å². The highest BCUT2D eigenvalue weighted by atomic mass is 16.6. The number of anilines is 5. The molecule has 1 saturated heterocycles. The van der Waals surface area contributed by atoms with Crippen molar-refractivity contribution in [2.75, 3.05) is 56.0 Å². The quantitative estimate of drug-likeness (QED) is 0.321. The Morgan fingerprint density at radius 1 is 1.21 bits per heavy atom. The summed E-state index contributed by atoms with van der Waals surface area (Å²) in [7, 11) is 5.60. The molecule has 11 nitrogen and oxygen atoms in total. The number of hydrogen-bond acceptors (Lipinski definition) is 10. The van der Waals surface area contributed by atoms with E-state index in [2.05, 4.69) is 44.9 Å². The molecule has 4 heterocycles. The van der Waals surface area contributed by atoms with Crippen molar-refractivity contribution in [2.24, 2.45) is 0 Å². The van der Waals surface area contributed by atoms with E-state index in [-0.39, 0.29) is 22.1 Å². The zero-order valence-electron chi connectivity index (χ0n) is 23.4. The highest BCUT2D eigenvalue weighted by molar-refractivity contribution is 5.78. The van der Waals surface area contributed by atoms with Crippen LogP contribution in [-0.4, -0.2) is 71.7 Å². The second kappa shape index (κ2) is 10.3. The Hall–Kier alpha value is -3.99. The van der Waals surface area contributed by atoms with Crippen LogP contribution in [0.5, 0.6) is 5.75 Å². The van der Waals surface area contributed by atoms with Gasteiger partial charge < -0.3 is 24.8 Å². The summed E-state index contributed by atoms with van der Waals surface area (Å²) in [5, 5.41) is 15.4. The van der Waals surface area contributed by atoms with E-state index in [0.717, 1.165) is 55.4 Å². The lowest BCUT2D eigenvalue weighted by atomic mass is 9.91. The lowest BCUT2D eigenvalue weighted by Gasteiger charge is -2.29. The molecule has 1 atom stereocenters. The summed E-state index contributed by atoms with van der Waals surface area (Å²) in [5.74, 6) is 1.54. The number of nitrogens with zero attached hydrogens (tertiary/aromatic N) is 7. The number of methoxy groups -OCH3 is 1. The van der Waals surface area contributed by atoms with E-state index >= 15 is 0 Å². The molecule has 2 aromatic heterocycles. The number of benzene rings is 1. The Kier molecular flexibility index (Phi) is 7.02. The van der Waals surface area contributed by atoms with Crippen LogP contribution in [0.1, 0.15) is 38.1 Å². The highest BCUT2D eigenvalue weighted by Crippen LogP contribution is 2.44. The van der Waals surface area contributed by atoms with Gasteiger partial charge in [-0.05, 0) is 52.1 Å². The van der Waals surface area contributed by atoms with Crippen molar-refractivity contribution in [3.63, 3.8) is 0 Å².